The molecule has 8 nitrogen and oxygen atoms in total. The van der Waals surface area contributed by atoms with Gasteiger partial charge in [0.05, 0.1) is 34.9 Å². The highest BCUT2D eigenvalue weighted by molar-refractivity contribution is 7.54. The van der Waals surface area contributed by atoms with Gasteiger partial charge in [0.1, 0.15) is 5.78 Å². The third-order valence-corrected chi connectivity index (χ3v) is 6.44. The number of fused-ring (bicyclic) bond motifs is 1. The lowest BCUT2D eigenvalue weighted by atomic mass is 10.1. The lowest BCUT2D eigenvalue weighted by molar-refractivity contribution is -0.383. The third kappa shape index (κ3) is 3.98. The van der Waals surface area contributed by atoms with Gasteiger partial charge in [0, 0.05) is 11.5 Å². The van der Waals surface area contributed by atoms with Crippen molar-refractivity contribution in [2.45, 2.75) is 33.0 Å². The van der Waals surface area contributed by atoms with Crippen molar-refractivity contribution in [1.82, 2.24) is 0 Å². The maximum Gasteiger partial charge on any atom is 0.352 e. The zero-order chi connectivity index (χ0) is 19.3. The van der Waals surface area contributed by atoms with Crippen LogP contribution in [0.4, 0.5) is 17.1 Å². The van der Waals surface area contributed by atoms with Crippen molar-refractivity contribution in [3.63, 3.8) is 0 Å². The van der Waals surface area contributed by atoms with Gasteiger partial charge in [-0.1, -0.05) is 25.1 Å². The molecule has 0 spiro atoms. The second kappa shape index (κ2) is 8.49. The van der Waals surface area contributed by atoms with Crippen molar-refractivity contribution in [3.8, 4) is 0 Å². The zero-order valence-corrected chi connectivity index (χ0v) is 16.0. The van der Waals surface area contributed by atoms with Crippen molar-refractivity contribution in [3.05, 3.63) is 40.4 Å². The first-order valence-corrected chi connectivity index (χ1v) is 10.1. The summed E-state index contributed by atoms with van der Waals surface area (Å²) in [4.78, 5) is 10.9. The van der Waals surface area contributed by atoms with Crippen LogP contribution in [0.5, 0.6) is 0 Å². The molecule has 9 heteroatoms. The van der Waals surface area contributed by atoms with E-state index in [1.807, 2.05) is 6.92 Å². The van der Waals surface area contributed by atoms with Gasteiger partial charge >= 0.3 is 7.60 Å². The standard InChI is InChI=1S/C17H24N3O5P/c1-4-16(26(23,24-5-2)25-6-3)19-17-13-10-8-7-9-12(13)15(20(21)22)11-14(17)18/h7-11,16,19H,4-6,18H2,1-3H3. The van der Waals surface area contributed by atoms with E-state index >= 15 is 0 Å². The van der Waals surface area contributed by atoms with Crippen molar-refractivity contribution < 1.29 is 18.5 Å². The predicted molar refractivity (Wildman–Crippen MR) is 104 cm³/mol. The molecule has 0 amide bonds. The summed E-state index contributed by atoms with van der Waals surface area (Å²) in [7, 11) is -3.42. The number of rotatable bonds is 9. The molecule has 2 rings (SSSR count). The molecule has 2 aromatic carbocycles. The molecule has 0 radical (unpaired) electrons. The van der Waals surface area contributed by atoms with Crippen LogP contribution in [0, 0.1) is 10.1 Å². The van der Waals surface area contributed by atoms with E-state index in [-0.39, 0.29) is 24.6 Å². The van der Waals surface area contributed by atoms with Gasteiger partial charge in [-0.2, -0.15) is 0 Å². The number of nitrogens with one attached hydrogen (secondary N) is 1. The van der Waals surface area contributed by atoms with Crippen molar-refractivity contribution in [1.29, 1.82) is 0 Å². The predicted octanol–water partition coefficient (Wildman–Crippen LogP) is 4.74. The molecule has 0 aliphatic carbocycles. The first kappa shape index (κ1) is 20.2. The number of nitrogen functional groups attached to an aromatic ring is 1. The summed E-state index contributed by atoms with van der Waals surface area (Å²) < 4.78 is 24.0. The van der Waals surface area contributed by atoms with Gasteiger partial charge in [0.25, 0.3) is 5.69 Å². The Labute approximate surface area is 152 Å². The molecule has 3 N–H and O–H groups in total. The summed E-state index contributed by atoms with van der Waals surface area (Å²) in [5, 5.41) is 15.5. The van der Waals surface area contributed by atoms with Crippen molar-refractivity contribution >= 4 is 35.4 Å². The Hall–Kier alpha value is -2.15. The molecule has 0 aromatic heterocycles. The molecule has 1 unspecified atom stereocenters. The minimum Gasteiger partial charge on any atom is -0.397 e. The van der Waals surface area contributed by atoms with E-state index in [0.29, 0.717) is 22.9 Å². The molecule has 0 heterocycles. The Balaban J connectivity index is 2.56. The number of nitro groups is 1. The quantitative estimate of drug-likeness (QED) is 0.279. The summed E-state index contributed by atoms with van der Waals surface area (Å²) in [6, 6.07) is 8.19. The average molecular weight is 381 g/mol. The lowest BCUT2D eigenvalue weighted by Gasteiger charge is -2.28. The van der Waals surface area contributed by atoms with Gasteiger partial charge in [-0.15, -0.1) is 0 Å². The molecule has 0 aliphatic rings. The van der Waals surface area contributed by atoms with Gasteiger partial charge in [0.15, 0.2) is 0 Å². The van der Waals surface area contributed by atoms with Crippen LogP contribution in [0.3, 0.4) is 0 Å². The van der Waals surface area contributed by atoms with Gasteiger partial charge in [0.2, 0.25) is 0 Å². The first-order chi connectivity index (χ1) is 12.4. The fraction of sp³-hybridized carbons (Fsp3) is 0.412. The molecule has 0 saturated carbocycles. The van der Waals surface area contributed by atoms with Crippen LogP contribution < -0.4 is 11.1 Å². The van der Waals surface area contributed by atoms with Crippen LogP contribution in [0.25, 0.3) is 10.8 Å². The van der Waals surface area contributed by atoms with Crippen LogP contribution in [0.1, 0.15) is 27.2 Å². The van der Waals surface area contributed by atoms with E-state index < -0.39 is 18.3 Å². The summed E-state index contributed by atoms with van der Waals surface area (Å²) in [5.74, 6) is -0.630. The zero-order valence-electron chi connectivity index (χ0n) is 15.1. The second-order valence-corrected chi connectivity index (χ2v) is 7.83. The number of nitrogens with zero attached hydrogens (tertiary/aromatic N) is 1. The Morgan fingerprint density at radius 2 is 1.77 bits per heavy atom. The lowest BCUT2D eigenvalue weighted by Crippen LogP contribution is -2.22. The van der Waals surface area contributed by atoms with Gasteiger partial charge in [-0.05, 0) is 26.3 Å². The smallest absolute Gasteiger partial charge is 0.352 e. The summed E-state index contributed by atoms with van der Waals surface area (Å²) in [6.07, 6.45) is 0.460. The van der Waals surface area contributed by atoms with E-state index in [1.54, 1.807) is 38.1 Å². The molecule has 0 fully saturated rings. The van der Waals surface area contributed by atoms with Crippen LogP contribution in [-0.4, -0.2) is 23.9 Å². The van der Waals surface area contributed by atoms with E-state index in [1.165, 1.54) is 6.07 Å². The minimum atomic E-state index is -3.42. The number of nitrogens with two attached hydrogens (primary N) is 1. The molecular weight excluding hydrogens is 357 g/mol. The van der Waals surface area contributed by atoms with E-state index in [2.05, 4.69) is 5.32 Å². The molecule has 142 valence electrons. The van der Waals surface area contributed by atoms with Crippen LogP contribution in [-0.2, 0) is 13.6 Å². The largest absolute Gasteiger partial charge is 0.397 e. The Morgan fingerprint density at radius 3 is 2.27 bits per heavy atom. The average Bonchev–Trinajstić information content (AvgIpc) is 2.60. The fourth-order valence-corrected chi connectivity index (χ4v) is 4.73. The van der Waals surface area contributed by atoms with Crippen LogP contribution >= 0.6 is 7.60 Å². The highest BCUT2D eigenvalue weighted by atomic mass is 31.2. The minimum absolute atomic E-state index is 0.0745. The van der Waals surface area contributed by atoms with Crippen molar-refractivity contribution in [2.75, 3.05) is 24.3 Å². The molecule has 0 aliphatic heterocycles. The SMILES string of the molecule is CCOP(=O)(OCC)C(CC)Nc1c(N)cc([N+](=O)[O-])c2ccccc12. The van der Waals surface area contributed by atoms with Gasteiger partial charge in [-0.25, -0.2) is 0 Å². The monoisotopic (exact) mass is 381 g/mol. The molecule has 0 bridgehead atoms. The molecule has 2 aromatic rings. The maximum atomic E-state index is 13.1. The Morgan fingerprint density at radius 1 is 1.19 bits per heavy atom. The highest BCUT2D eigenvalue weighted by Gasteiger charge is 2.35. The number of hydrogen-bond donors (Lipinski definition) is 2. The highest BCUT2D eigenvalue weighted by Crippen LogP contribution is 2.55. The van der Waals surface area contributed by atoms with E-state index in [4.69, 9.17) is 14.8 Å². The Kier molecular flexibility index (Phi) is 6.58. The number of non-ortho nitro benzene ring substituents is 1. The van der Waals surface area contributed by atoms with E-state index in [0.717, 1.165) is 0 Å². The van der Waals surface area contributed by atoms with Crippen LogP contribution in [0.15, 0.2) is 30.3 Å². The number of nitro benzene ring substituents is 1. The van der Waals surface area contributed by atoms with Crippen LogP contribution in [0.2, 0.25) is 0 Å². The number of hydrogen-bond acceptors (Lipinski definition) is 7. The molecule has 0 saturated heterocycles. The molecular formula is C17H24N3O5P. The summed E-state index contributed by atoms with van der Waals surface area (Å²) in [5.41, 5.74) is 6.69. The maximum absolute atomic E-state index is 13.1. The van der Waals surface area contributed by atoms with Gasteiger partial charge < -0.3 is 20.1 Å². The van der Waals surface area contributed by atoms with E-state index in [9.17, 15) is 14.7 Å². The second-order valence-electron chi connectivity index (χ2n) is 5.61. The number of benzene rings is 2. The third-order valence-electron chi connectivity index (χ3n) is 3.95. The summed E-state index contributed by atoms with van der Waals surface area (Å²) in [6.45, 7) is 5.83. The summed E-state index contributed by atoms with van der Waals surface area (Å²) >= 11 is 0. The van der Waals surface area contributed by atoms with Gasteiger partial charge in [-0.3, -0.25) is 14.7 Å². The molecule has 26 heavy (non-hydrogen) atoms. The normalized spacial score (nSPS) is 12.9. The molecule has 1 atom stereocenters. The first-order valence-electron chi connectivity index (χ1n) is 8.48. The number of anilines is 2. The topological polar surface area (TPSA) is 117 Å². The fourth-order valence-electron chi connectivity index (χ4n) is 2.84. The van der Waals surface area contributed by atoms with Crippen molar-refractivity contribution in [2.24, 2.45) is 0 Å². The Bertz CT molecular complexity index is 833.